The number of carbonyl (C=O) groups excluding carboxylic acids is 2. The molecule has 0 N–H and O–H groups in total. The Labute approximate surface area is 413 Å². The summed E-state index contributed by atoms with van der Waals surface area (Å²) in [7, 11) is -2.17. The van der Waals surface area contributed by atoms with Crippen LogP contribution in [0.2, 0.25) is 54.4 Å². The maximum Gasteiger partial charge on any atom is 0.410 e. The summed E-state index contributed by atoms with van der Waals surface area (Å²) < 4.78 is 47.2. The normalized spacial score (nSPS) is 28.8. The predicted molar refractivity (Wildman–Crippen MR) is 283 cm³/mol. The van der Waals surface area contributed by atoms with Crippen LogP contribution in [0, 0.1) is 11.8 Å². The number of methoxy groups -OCH3 is 1. The van der Waals surface area contributed by atoms with Gasteiger partial charge in [0.1, 0.15) is 11.7 Å². The second kappa shape index (κ2) is 27.3. The van der Waals surface area contributed by atoms with Crippen molar-refractivity contribution in [1.82, 2.24) is 9.80 Å². The molecule has 3 heterocycles. The summed E-state index contributed by atoms with van der Waals surface area (Å²) in [5.74, 6) is -0.225. The molecule has 3 aliphatic heterocycles. The Balaban J connectivity index is 2.03. The third kappa shape index (κ3) is 16.5. The number of carbonyl (C=O) groups is 2. The van der Waals surface area contributed by atoms with E-state index in [1.165, 1.54) is 0 Å². The summed E-state index contributed by atoms with van der Waals surface area (Å²) in [6.45, 7) is 36.1. The number of esters is 1. The second-order valence-electron chi connectivity index (χ2n) is 20.9. The van der Waals surface area contributed by atoms with Crippen molar-refractivity contribution in [2.75, 3.05) is 40.3 Å². The summed E-state index contributed by atoms with van der Waals surface area (Å²) in [5.41, 5.74) is -0.504. The van der Waals surface area contributed by atoms with Gasteiger partial charge >= 0.3 is 12.1 Å². The van der Waals surface area contributed by atoms with E-state index in [0.717, 1.165) is 85.9 Å². The van der Waals surface area contributed by atoms with Crippen LogP contribution in [0.25, 0.3) is 0 Å². The van der Waals surface area contributed by atoms with Crippen LogP contribution in [0.5, 0.6) is 0 Å². The molecule has 10 atom stereocenters. The lowest BCUT2D eigenvalue weighted by Crippen LogP contribution is -2.51. The third-order valence-corrected chi connectivity index (χ3v) is 30.9. The molecule has 2 unspecified atom stereocenters. The number of amides is 1. The van der Waals surface area contributed by atoms with Crippen LogP contribution >= 0.6 is 0 Å². The fourth-order valence-electron chi connectivity index (χ4n) is 10.7. The number of nitrogens with zero attached hydrogens (tertiary/aromatic N) is 2. The minimum absolute atomic E-state index is 0.0872. The standard InChI is InChI=1S/C53H100N2O9Si3/c1-18-45(63-66(22-5,23-6)24-7)43(13)50-46(59-50)40-52(14,64-67(25-8,26-9)27-10)33-28-29-41(11)49-42(12)30-31-47(60-51(57)55-37-35-54(16)36-38-55)53(15,58-17)34-32-44(39-48(56)61-49)62-65(19-2,20-3)21-4/h28-31,33,42-47,49-50H,18-27,32,34-40H2,1-17H3/b31-30+,33-28+,41-29+/t42-,43+,44+,45-,46?,47-,49+,50?,52-,53+/m0/s1. The Bertz CT molecular complexity index is 1570. The highest BCUT2D eigenvalue weighted by atomic mass is 28.4. The number of rotatable bonds is 25. The topological polar surface area (TPSA) is 109 Å². The number of piperazine rings is 1. The van der Waals surface area contributed by atoms with Gasteiger partial charge in [0.25, 0.3) is 0 Å². The van der Waals surface area contributed by atoms with Gasteiger partial charge in [0.2, 0.25) is 0 Å². The Morgan fingerprint density at radius 2 is 1.46 bits per heavy atom. The molecule has 388 valence electrons. The van der Waals surface area contributed by atoms with E-state index in [9.17, 15) is 9.59 Å². The van der Waals surface area contributed by atoms with Crippen LogP contribution in [0.15, 0.2) is 36.0 Å². The second-order valence-corrected chi connectivity index (χ2v) is 35.1. The van der Waals surface area contributed by atoms with E-state index in [1.807, 2.05) is 26.0 Å². The van der Waals surface area contributed by atoms with Gasteiger partial charge in [-0.05, 0) is 113 Å². The highest BCUT2D eigenvalue weighted by molar-refractivity contribution is 6.74. The van der Waals surface area contributed by atoms with E-state index in [1.54, 1.807) is 12.0 Å². The third-order valence-electron chi connectivity index (χ3n) is 16.8. The molecule has 0 aromatic rings. The zero-order chi connectivity index (χ0) is 50.2. The molecule has 1 amide bonds. The van der Waals surface area contributed by atoms with Crippen molar-refractivity contribution < 1.29 is 41.8 Å². The van der Waals surface area contributed by atoms with Crippen molar-refractivity contribution in [1.29, 1.82) is 0 Å². The van der Waals surface area contributed by atoms with E-state index < -0.39 is 48.4 Å². The zero-order valence-electron chi connectivity index (χ0n) is 45.8. The molecule has 14 heteroatoms. The van der Waals surface area contributed by atoms with Crippen molar-refractivity contribution >= 4 is 37.0 Å². The molecule has 0 aromatic carbocycles. The van der Waals surface area contributed by atoms with Crippen LogP contribution in [-0.2, 0) is 37.0 Å². The van der Waals surface area contributed by atoms with Crippen molar-refractivity contribution in [3.05, 3.63) is 36.0 Å². The lowest BCUT2D eigenvalue weighted by Gasteiger charge is -2.39. The van der Waals surface area contributed by atoms with Crippen LogP contribution in [-0.4, -0.2) is 135 Å². The van der Waals surface area contributed by atoms with E-state index in [-0.39, 0.29) is 48.8 Å². The maximum absolute atomic E-state index is 14.2. The average molecular weight is 994 g/mol. The number of hydrogen-bond acceptors (Lipinski definition) is 10. The molecule has 11 nitrogen and oxygen atoms in total. The van der Waals surface area contributed by atoms with E-state index in [0.29, 0.717) is 31.8 Å². The molecule has 0 aromatic heterocycles. The molecule has 0 aliphatic carbocycles. The highest BCUT2D eigenvalue weighted by Crippen LogP contribution is 2.43. The molecule has 3 aliphatic rings. The van der Waals surface area contributed by atoms with E-state index in [4.69, 9.17) is 32.2 Å². The molecule has 0 saturated carbocycles. The van der Waals surface area contributed by atoms with Crippen LogP contribution in [0.4, 0.5) is 4.79 Å². The first-order valence-electron chi connectivity index (χ1n) is 26.9. The number of allylic oxidation sites excluding steroid dienone is 2. The predicted octanol–water partition coefficient (Wildman–Crippen LogP) is 12.7. The maximum atomic E-state index is 14.2. The Morgan fingerprint density at radius 1 is 0.896 bits per heavy atom. The minimum atomic E-state index is -2.11. The fourth-order valence-corrected chi connectivity index (χ4v) is 19.7. The first-order valence-corrected chi connectivity index (χ1v) is 34.4. The molecular formula is C53H100N2O9Si3. The zero-order valence-corrected chi connectivity index (χ0v) is 48.8. The van der Waals surface area contributed by atoms with Gasteiger partial charge in [-0.2, -0.15) is 0 Å². The van der Waals surface area contributed by atoms with Gasteiger partial charge in [-0.15, -0.1) is 0 Å². The van der Waals surface area contributed by atoms with Gasteiger partial charge in [0.05, 0.1) is 30.3 Å². The van der Waals surface area contributed by atoms with E-state index in [2.05, 4.69) is 120 Å². The van der Waals surface area contributed by atoms with Crippen molar-refractivity contribution in [3.8, 4) is 0 Å². The van der Waals surface area contributed by atoms with Gasteiger partial charge in [-0.3, -0.25) is 4.79 Å². The van der Waals surface area contributed by atoms with Crippen LogP contribution < -0.4 is 0 Å². The van der Waals surface area contributed by atoms with Crippen molar-refractivity contribution in [2.45, 2.75) is 238 Å². The molecule has 2 saturated heterocycles. The van der Waals surface area contributed by atoms with Crippen LogP contribution in [0.1, 0.15) is 136 Å². The average Bonchev–Trinajstić information content (AvgIpc) is 4.10. The van der Waals surface area contributed by atoms with Crippen LogP contribution in [0.3, 0.4) is 0 Å². The van der Waals surface area contributed by atoms with Gasteiger partial charge < -0.3 is 42.0 Å². The molecule has 0 spiro atoms. The van der Waals surface area contributed by atoms with Gasteiger partial charge in [0, 0.05) is 57.6 Å². The number of hydrogen-bond donors (Lipinski definition) is 0. The monoisotopic (exact) mass is 993 g/mol. The first-order chi connectivity index (χ1) is 31.7. The van der Waals surface area contributed by atoms with E-state index >= 15 is 0 Å². The number of likely N-dealkylation sites (N-methyl/N-ethyl adjacent to an activating group) is 1. The number of ether oxygens (including phenoxy) is 4. The lowest BCUT2D eigenvalue weighted by molar-refractivity contribution is -0.151. The largest absolute Gasteiger partial charge is 0.457 e. The summed E-state index contributed by atoms with van der Waals surface area (Å²) in [5, 5.41) is 0. The van der Waals surface area contributed by atoms with Gasteiger partial charge in [-0.25, -0.2) is 4.79 Å². The Hall–Kier alpha value is -1.63. The summed E-state index contributed by atoms with van der Waals surface area (Å²) in [6, 6.07) is 9.47. The smallest absolute Gasteiger partial charge is 0.410 e. The quantitative estimate of drug-likeness (QED) is 0.0288. The molecular weight excluding hydrogens is 893 g/mol. The summed E-state index contributed by atoms with van der Waals surface area (Å²) in [6.07, 6.45) is 11.9. The Morgan fingerprint density at radius 3 is 1.99 bits per heavy atom. The summed E-state index contributed by atoms with van der Waals surface area (Å²) in [4.78, 5) is 32.0. The van der Waals surface area contributed by atoms with Gasteiger partial charge in [0.15, 0.2) is 31.1 Å². The van der Waals surface area contributed by atoms with Gasteiger partial charge in [-0.1, -0.05) is 107 Å². The summed E-state index contributed by atoms with van der Waals surface area (Å²) >= 11 is 0. The Kier molecular flexibility index (Phi) is 24.3. The van der Waals surface area contributed by atoms with Crippen molar-refractivity contribution in [3.63, 3.8) is 0 Å². The highest BCUT2D eigenvalue weighted by Gasteiger charge is 2.51. The van der Waals surface area contributed by atoms with Crippen molar-refractivity contribution in [2.24, 2.45) is 11.8 Å². The number of epoxide rings is 1. The minimum Gasteiger partial charge on any atom is -0.457 e. The number of cyclic esters (lactones) is 1. The SMILES string of the molecule is CC[C@H](O[Si](CC)(CC)CC)[C@@H](C)C1OC1C[C@](C)(/C=C/C=C(\C)[C@H]1OC(=O)C[C@H](O[Si](CC)(CC)CC)CC[C@@](C)(OC)[C@@H](OC(=O)N2CCN(C)CC2)/C=C/[C@@H]1C)O[Si](CC)(CC)CC. The first kappa shape index (κ1) is 59.7. The molecule has 67 heavy (non-hydrogen) atoms. The molecule has 0 bridgehead atoms. The molecule has 3 rings (SSSR count). The lowest BCUT2D eigenvalue weighted by atomic mass is 9.88. The molecule has 0 radical (unpaired) electrons. The molecule has 2 fully saturated rings. The fraction of sp³-hybridized carbons (Fsp3) is 0.849.